The standard InChI is InChI=1S/C17H15NO3/c1-11-4-2-3-5-15(11)18-10-12-6-7-14-13(8-12)9-16(19)21-17(14)20/h2-5,7-10,12,19H,6H2,1H3. The quantitative estimate of drug-likeness (QED) is 0.851. The van der Waals surface area contributed by atoms with Gasteiger partial charge >= 0.3 is 5.63 Å². The third kappa shape index (κ3) is 2.79. The Kier molecular flexibility index (Phi) is 3.44. The van der Waals surface area contributed by atoms with Gasteiger partial charge in [0.15, 0.2) is 0 Å². The maximum Gasteiger partial charge on any atom is 0.346 e. The predicted octanol–water partition coefficient (Wildman–Crippen LogP) is 1.64. The molecule has 1 unspecified atom stereocenters. The van der Waals surface area contributed by atoms with E-state index < -0.39 is 5.63 Å². The summed E-state index contributed by atoms with van der Waals surface area (Å²) in [5, 5.41) is 10.6. The van der Waals surface area contributed by atoms with E-state index in [4.69, 9.17) is 0 Å². The molecular formula is C17H15NO3. The van der Waals surface area contributed by atoms with Gasteiger partial charge in [0.05, 0.1) is 10.9 Å². The molecule has 0 fully saturated rings. The van der Waals surface area contributed by atoms with Crippen molar-refractivity contribution in [1.82, 2.24) is 0 Å². The van der Waals surface area contributed by atoms with Crippen LogP contribution in [0.3, 0.4) is 0 Å². The maximum absolute atomic E-state index is 11.6. The van der Waals surface area contributed by atoms with E-state index in [1.54, 1.807) is 0 Å². The maximum atomic E-state index is 11.6. The van der Waals surface area contributed by atoms with E-state index in [0.717, 1.165) is 11.3 Å². The third-order valence-corrected chi connectivity index (χ3v) is 3.52. The zero-order valence-electron chi connectivity index (χ0n) is 11.6. The molecule has 0 amide bonds. The average molecular weight is 281 g/mol. The number of benzene rings is 1. The highest BCUT2D eigenvalue weighted by Crippen LogP contribution is 2.18. The van der Waals surface area contributed by atoms with E-state index in [-0.39, 0.29) is 11.9 Å². The normalized spacial score (nSPS) is 17.1. The molecule has 2 aromatic rings. The van der Waals surface area contributed by atoms with Crippen LogP contribution in [0, 0.1) is 12.8 Å². The lowest BCUT2D eigenvalue weighted by molar-refractivity contribution is 0.306. The molecule has 0 radical (unpaired) electrons. The molecule has 1 atom stereocenters. The lowest BCUT2D eigenvalue weighted by Gasteiger charge is -2.08. The van der Waals surface area contributed by atoms with Crippen molar-refractivity contribution in [3.8, 4) is 5.95 Å². The third-order valence-electron chi connectivity index (χ3n) is 3.52. The molecule has 4 nitrogen and oxygen atoms in total. The number of para-hydroxylation sites is 1. The molecule has 1 aromatic carbocycles. The first-order valence-electron chi connectivity index (χ1n) is 6.78. The molecule has 106 valence electrons. The molecule has 0 saturated carbocycles. The minimum absolute atomic E-state index is 0.0957. The van der Waals surface area contributed by atoms with Gasteiger partial charge in [0, 0.05) is 18.2 Å². The largest absolute Gasteiger partial charge is 0.481 e. The summed E-state index contributed by atoms with van der Waals surface area (Å²) in [6.45, 7) is 2.02. The monoisotopic (exact) mass is 281 g/mol. The van der Waals surface area contributed by atoms with Gasteiger partial charge in [-0.05, 0) is 30.2 Å². The van der Waals surface area contributed by atoms with Crippen LogP contribution >= 0.6 is 0 Å². The van der Waals surface area contributed by atoms with Gasteiger partial charge in [-0.25, -0.2) is 4.79 Å². The zero-order valence-corrected chi connectivity index (χ0v) is 11.6. The van der Waals surface area contributed by atoms with Crippen molar-refractivity contribution in [2.45, 2.75) is 13.3 Å². The summed E-state index contributed by atoms with van der Waals surface area (Å²) in [6, 6.07) is 9.37. The van der Waals surface area contributed by atoms with Crippen LogP contribution in [0.4, 0.5) is 5.69 Å². The Bertz CT molecular complexity index is 878. The first-order chi connectivity index (χ1) is 10.1. The van der Waals surface area contributed by atoms with Crippen molar-refractivity contribution in [1.29, 1.82) is 0 Å². The Morgan fingerprint density at radius 2 is 2.19 bits per heavy atom. The van der Waals surface area contributed by atoms with Crippen LogP contribution in [0.15, 0.2) is 44.5 Å². The van der Waals surface area contributed by atoms with Crippen LogP contribution in [0.2, 0.25) is 0 Å². The van der Waals surface area contributed by atoms with Crippen LogP contribution in [-0.4, -0.2) is 11.3 Å². The van der Waals surface area contributed by atoms with Crippen LogP contribution < -0.4 is 16.1 Å². The molecule has 0 aliphatic heterocycles. The number of rotatable bonds is 2. The van der Waals surface area contributed by atoms with Crippen LogP contribution in [0.5, 0.6) is 5.95 Å². The topological polar surface area (TPSA) is 62.8 Å². The van der Waals surface area contributed by atoms with Crippen molar-refractivity contribution < 1.29 is 9.52 Å². The zero-order chi connectivity index (χ0) is 14.8. The highest BCUT2D eigenvalue weighted by molar-refractivity contribution is 5.75. The Morgan fingerprint density at radius 3 is 3.00 bits per heavy atom. The summed E-state index contributed by atoms with van der Waals surface area (Å²) in [6.07, 6.45) is 6.31. The van der Waals surface area contributed by atoms with Crippen molar-refractivity contribution in [2.24, 2.45) is 10.9 Å². The lowest BCUT2D eigenvalue weighted by atomic mass is 9.99. The number of aromatic hydroxyl groups is 1. The van der Waals surface area contributed by atoms with Gasteiger partial charge in [-0.1, -0.05) is 30.4 Å². The fraction of sp³-hybridized carbons (Fsp3) is 0.176. The fourth-order valence-electron chi connectivity index (χ4n) is 2.39. The minimum atomic E-state index is -0.504. The summed E-state index contributed by atoms with van der Waals surface area (Å²) in [5.74, 6) is -0.266. The van der Waals surface area contributed by atoms with Gasteiger partial charge in [-0.3, -0.25) is 4.99 Å². The summed E-state index contributed by atoms with van der Waals surface area (Å²) in [5.41, 5.74) is 1.55. The average Bonchev–Trinajstić information content (AvgIpc) is 2.46. The molecule has 1 heterocycles. The van der Waals surface area contributed by atoms with Gasteiger partial charge < -0.3 is 9.52 Å². The molecule has 21 heavy (non-hydrogen) atoms. The highest BCUT2D eigenvalue weighted by atomic mass is 16.5. The van der Waals surface area contributed by atoms with Gasteiger partial charge in [-0.2, -0.15) is 0 Å². The Labute approximate surface area is 121 Å². The second-order valence-corrected chi connectivity index (χ2v) is 5.08. The molecule has 1 aliphatic carbocycles. The van der Waals surface area contributed by atoms with E-state index in [0.29, 0.717) is 16.9 Å². The molecule has 1 N–H and O–H groups in total. The Balaban J connectivity index is 1.95. The van der Waals surface area contributed by atoms with Crippen molar-refractivity contribution in [2.75, 3.05) is 0 Å². The van der Waals surface area contributed by atoms with Gasteiger partial charge in [0.2, 0.25) is 0 Å². The number of hydrogen-bond acceptors (Lipinski definition) is 4. The molecule has 1 aromatic heterocycles. The van der Waals surface area contributed by atoms with E-state index >= 15 is 0 Å². The summed E-state index contributed by atoms with van der Waals surface area (Å²) in [7, 11) is 0. The summed E-state index contributed by atoms with van der Waals surface area (Å²) < 4.78 is 4.67. The molecule has 0 bridgehead atoms. The molecule has 0 spiro atoms. The van der Waals surface area contributed by atoms with Gasteiger partial charge in [0.25, 0.3) is 5.95 Å². The number of aryl methyl sites for hydroxylation is 1. The van der Waals surface area contributed by atoms with Crippen LogP contribution in [0.25, 0.3) is 12.2 Å². The number of hydrogen-bond donors (Lipinski definition) is 1. The van der Waals surface area contributed by atoms with Gasteiger partial charge in [-0.15, -0.1) is 0 Å². The second kappa shape index (κ2) is 5.40. The molecule has 0 saturated heterocycles. The Hall–Kier alpha value is -2.62. The second-order valence-electron chi connectivity index (χ2n) is 5.08. The number of aliphatic imine (C=N–C) groups is 1. The highest BCUT2D eigenvalue weighted by Gasteiger charge is 2.09. The first kappa shape index (κ1) is 13.4. The van der Waals surface area contributed by atoms with Gasteiger partial charge in [0.1, 0.15) is 0 Å². The Morgan fingerprint density at radius 1 is 1.38 bits per heavy atom. The summed E-state index contributed by atoms with van der Waals surface area (Å²) >= 11 is 0. The smallest absolute Gasteiger partial charge is 0.346 e. The lowest BCUT2D eigenvalue weighted by Crippen LogP contribution is -2.40. The van der Waals surface area contributed by atoms with E-state index in [1.807, 2.05) is 49.6 Å². The van der Waals surface area contributed by atoms with Crippen molar-refractivity contribution >= 4 is 24.1 Å². The number of nitrogens with zero attached hydrogens (tertiary/aromatic N) is 1. The minimum Gasteiger partial charge on any atom is -0.481 e. The van der Waals surface area contributed by atoms with Crippen molar-refractivity contribution in [3.63, 3.8) is 0 Å². The predicted molar refractivity (Wildman–Crippen MR) is 82.3 cm³/mol. The molecule has 1 aliphatic rings. The van der Waals surface area contributed by atoms with Crippen molar-refractivity contribution in [3.05, 3.63) is 56.8 Å². The first-order valence-corrected chi connectivity index (χ1v) is 6.78. The van der Waals surface area contributed by atoms with Crippen LogP contribution in [-0.2, 0) is 0 Å². The van der Waals surface area contributed by atoms with E-state index in [2.05, 4.69) is 9.41 Å². The fourth-order valence-corrected chi connectivity index (χ4v) is 2.39. The summed E-state index contributed by atoms with van der Waals surface area (Å²) in [4.78, 5) is 16.1. The van der Waals surface area contributed by atoms with Crippen LogP contribution in [0.1, 0.15) is 12.0 Å². The molecular weight excluding hydrogens is 266 g/mol. The SMILES string of the molecule is Cc1ccccc1N=CC1C=c2cc(O)oc(=O)c2=CC1. The molecule has 3 rings (SSSR count). The van der Waals surface area contributed by atoms with E-state index in [9.17, 15) is 9.90 Å². The molecule has 4 heteroatoms. The number of fused-ring (bicyclic) bond motifs is 1. The van der Waals surface area contributed by atoms with E-state index in [1.165, 1.54) is 6.07 Å².